The lowest BCUT2D eigenvalue weighted by Gasteiger charge is -2.11. The summed E-state index contributed by atoms with van der Waals surface area (Å²) in [5.74, 6) is -0.525. The first-order chi connectivity index (χ1) is 12.0. The van der Waals surface area contributed by atoms with Crippen molar-refractivity contribution in [2.75, 3.05) is 25.6 Å². The quantitative estimate of drug-likeness (QED) is 0.920. The Balaban J connectivity index is 1.86. The van der Waals surface area contributed by atoms with Gasteiger partial charge < -0.3 is 19.2 Å². The molecule has 1 aliphatic rings. The molecule has 2 heterocycles. The summed E-state index contributed by atoms with van der Waals surface area (Å²) in [6, 6.07) is 5.69. The van der Waals surface area contributed by atoms with Crippen molar-refractivity contribution in [3.63, 3.8) is 0 Å². The maximum Gasteiger partial charge on any atom is 0.349 e. The maximum absolute atomic E-state index is 14.0. The molecule has 1 aliphatic heterocycles. The van der Waals surface area contributed by atoms with E-state index in [-0.39, 0.29) is 17.2 Å². The molecule has 1 aromatic heterocycles. The molecule has 0 spiro atoms. The Kier molecular flexibility index (Phi) is 4.85. The van der Waals surface area contributed by atoms with Gasteiger partial charge in [-0.3, -0.25) is 4.79 Å². The smallest absolute Gasteiger partial charge is 0.349 e. The molecule has 0 bridgehead atoms. The van der Waals surface area contributed by atoms with Crippen molar-refractivity contribution in [1.29, 1.82) is 0 Å². The van der Waals surface area contributed by atoms with E-state index in [1.54, 1.807) is 13.0 Å². The third-order valence-electron chi connectivity index (χ3n) is 4.15. The minimum absolute atomic E-state index is 0.0162. The van der Waals surface area contributed by atoms with E-state index in [4.69, 9.17) is 13.9 Å². The second kappa shape index (κ2) is 7.06. The fourth-order valence-corrected chi connectivity index (χ4v) is 2.77. The van der Waals surface area contributed by atoms with E-state index >= 15 is 0 Å². The highest BCUT2D eigenvalue weighted by atomic mass is 19.1. The molecule has 1 aromatic carbocycles. The molecule has 1 amide bonds. The number of hydrogen-bond acceptors (Lipinski definition) is 5. The van der Waals surface area contributed by atoms with Crippen LogP contribution >= 0.6 is 0 Å². The van der Waals surface area contributed by atoms with Gasteiger partial charge in [0.15, 0.2) is 0 Å². The van der Waals surface area contributed by atoms with Gasteiger partial charge in [-0.15, -0.1) is 0 Å². The SMILES string of the molecule is COc1ccc(NC(=O)c2c(C)cc(C3CCOC3)oc2=O)c(F)c1. The Morgan fingerprint density at radius 2 is 2.16 bits per heavy atom. The van der Waals surface area contributed by atoms with Crippen molar-refractivity contribution in [2.45, 2.75) is 19.3 Å². The molecule has 25 heavy (non-hydrogen) atoms. The molecule has 132 valence electrons. The number of amides is 1. The lowest BCUT2D eigenvalue weighted by molar-refractivity contribution is 0.102. The largest absolute Gasteiger partial charge is 0.497 e. The van der Waals surface area contributed by atoms with Crippen molar-refractivity contribution in [1.82, 2.24) is 0 Å². The van der Waals surface area contributed by atoms with Crippen LogP contribution in [0.25, 0.3) is 0 Å². The van der Waals surface area contributed by atoms with Crippen LogP contribution in [0.3, 0.4) is 0 Å². The number of ether oxygens (including phenoxy) is 2. The first kappa shape index (κ1) is 17.2. The van der Waals surface area contributed by atoms with Crippen molar-refractivity contribution < 1.29 is 23.1 Å². The van der Waals surface area contributed by atoms with E-state index in [1.165, 1.54) is 19.2 Å². The zero-order valence-corrected chi connectivity index (χ0v) is 13.9. The van der Waals surface area contributed by atoms with E-state index in [1.807, 2.05) is 0 Å². The molecule has 0 saturated carbocycles. The molecular formula is C18H18FNO5. The molecule has 1 N–H and O–H groups in total. The number of aryl methyl sites for hydroxylation is 1. The van der Waals surface area contributed by atoms with Crippen LogP contribution in [-0.4, -0.2) is 26.2 Å². The Morgan fingerprint density at radius 1 is 1.36 bits per heavy atom. The Hall–Kier alpha value is -2.67. The van der Waals surface area contributed by atoms with E-state index in [0.29, 0.717) is 30.3 Å². The first-order valence-electron chi connectivity index (χ1n) is 7.87. The van der Waals surface area contributed by atoms with Gasteiger partial charge in [-0.1, -0.05) is 0 Å². The maximum atomic E-state index is 14.0. The van der Waals surface area contributed by atoms with Crippen molar-refractivity contribution >= 4 is 11.6 Å². The lowest BCUT2D eigenvalue weighted by atomic mass is 10.0. The van der Waals surface area contributed by atoms with Crippen LogP contribution in [0.4, 0.5) is 10.1 Å². The number of carbonyl (C=O) groups is 1. The molecule has 1 saturated heterocycles. The van der Waals surface area contributed by atoms with E-state index < -0.39 is 17.3 Å². The molecule has 1 unspecified atom stereocenters. The van der Waals surface area contributed by atoms with Crippen LogP contribution in [0.15, 0.2) is 33.5 Å². The van der Waals surface area contributed by atoms with E-state index in [9.17, 15) is 14.0 Å². The number of rotatable bonds is 4. The van der Waals surface area contributed by atoms with Gasteiger partial charge in [0.05, 0.1) is 19.4 Å². The Bertz CT molecular complexity index is 855. The normalized spacial score (nSPS) is 16.7. The average Bonchev–Trinajstić information content (AvgIpc) is 3.10. The topological polar surface area (TPSA) is 77.8 Å². The third-order valence-corrected chi connectivity index (χ3v) is 4.15. The van der Waals surface area contributed by atoms with Gasteiger partial charge in [0.2, 0.25) is 0 Å². The molecule has 0 aliphatic carbocycles. The average molecular weight is 347 g/mol. The number of anilines is 1. The summed E-state index contributed by atoms with van der Waals surface area (Å²) in [4.78, 5) is 24.7. The van der Waals surface area contributed by atoms with Gasteiger partial charge in [-0.2, -0.15) is 0 Å². The van der Waals surface area contributed by atoms with Crippen LogP contribution < -0.4 is 15.7 Å². The summed E-state index contributed by atoms with van der Waals surface area (Å²) in [6.45, 7) is 2.76. The first-order valence-corrected chi connectivity index (χ1v) is 7.87. The van der Waals surface area contributed by atoms with Crippen LogP contribution in [0, 0.1) is 12.7 Å². The van der Waals surface area contributed by atoms with Gasteiger partial charge >= 0.3 is 5.63 Å². The fourth-order valence-electron chi connectivity index (χ4n) is 2.77. The number of methoxy groups -OCH3 is 1. The second-order valence-corrected chi connectivity index (χ2v) is 5.85. The summed E-state index contributed by atoms with van der Waals surface area (Å²) >= 11 is 0. The van der Waals surface area contributed by atoms with Crippen LogP contribution in [-0.2, 0) is 4.74 Å². The standard InChI is InChI=1S/C18H18FNO5/c1-10-7-15(11-5-6-24-9-11)25-18(22)16(10)17(21)20-14-4-3-12(23-2)8-13(14)19/h3-4,7-8,11H,5-6,9H2,1-2H3,(H,20,21). The minimum Gasteiger partial charge on any atom is -0.497 e. The molecule has 3 rings (SSSR count). The molecule has 2 aromatic rings. The van der Waals surface area contributed by atoms with Gasteiger partial charge in [0.1, 0.15) is 22.9 Å². The van der Waals surface area contributed by atoms with Gasteiger partial charge in [-0.05, 0) is 37.1 Å². The minimum atomic E-state index is -0.742. The highest BCUT2D eigenvalue weighted by Crippen LogP contribution is 2.26. The number of hydrogen-bond donors (Lipinski definition) is 1. The molecule has 0 radical (unpaired) electrons. The zero-order valence-electron chi connectivity index (χ0n) is 13.9. The zero-order chi connectivity index (χ0) is 18.0. The molecule has 7 heteroatoms. The van der Waals surface area contributed by atoms with Crippen LogP contribution in [0.2, 0.25) is 0 Å². The summed E-state index contributed by atoms with van der Waals surface area (Å²) in [5, 5.41) is 2.39. The monoisotopic (exact) mass is 347 g/mol. The van der Waals surface area contributed by atoms with E-state index in [0.717, 1.165) is 12.5 Å². The molecular weight excluding hydrogens is 329 g/mol. The van der Waals surface area contributed by atoms with Crippen LogP contribution in [0.1, 0.15) is 34.0 Å². The predicted octanol–water partition coefficient (Wildman–Crippen LogP) is 2.85. The van der Waals surface area contributed by atoms with Gasteiger partial charge in [0.25, 0.3) is 5.91 Å². The lowest BCUT2D eigenvalue weighted by Crippen LogP contribution is -2.24. The van der Waals surface area contributed by atoms with Crippen molar-refractivity contribution in [2.24, 2.45) is 0 Å². The Labute approximate surface area is 143 Å². The highest BCUT2D eigenvalue weighted by molar-refractivity contribution is 6.05. The Morgan fingerprint density at radius 3 is 2.76 bits per heavy atom. The van der Waals surface area contributed by atoms with Crippen molar-refractivity contribution in [3.8, 4) is 5.75 Å². The van der Waals surface area contributed by atoms with Crippen molar-refractivity contribution in [3.05, 3.63) is 57.4 Å². The molecule has 6 nitrogen and oxygen atoms in total. The van der Waals surface area contributed by atoms with Gasteiger partial charge in [-0.25, -0.2) is 9.18 Å². The summed E-state index contributed by atoms with van der Waals surface area (Å²) in [5.41, 5.74) is -0.450. The summed E-state index contributed by atoms with van der Waals surface area (Å²) < 4.78 is 29.5. The summed E-state index contributed by atoms with van der Waals surface area (Å²) in [7, 11) is 1.42. The van der Waals surface area contributed by atoms with Gasteiger partial charge in [0, 0.05) is 18.6 Å². The van der Waals surface area contributed by atoms with Crippen LogP contribution in [0.5, 0.6) is 5.75 Å². The number of carbonyl (C=O) groups excluding carboxylic acids is 1. The second-order valence-electron chi connectivity index (χ2n) is 5.85. The molecule has 1 fully saturated rings. The van der Waals surface area contributed by atoms with E-state index in [2.05, 4.69) is 5.32 Å². The fraction of sp³-hybridized carbons (Fsp3) is 0.333. The number of nitrogens with one attached hydrogen (secondary N) is 1. The third kappa shape index (κ3) is 3.56. The molecule has 1 atom stereocenters. The highest BCUT2D eigenvalue weighted by Gasteiger charge is 2.24. The number of halogens is 1. The number of benzene rings is 1. The predicted molar refractivity (Wildman–Crippen MR) is 88.8 cm³/mol. The summed E-state index contributed by atoms with van der Waals surface area (Å²) in [6.07, 6.45) is 0.769.